The molecule has 3 rings (SSSR count). The van der Waals surface area contributed by atoms with Crippen molar-refractivity contribution in [2.45, 2.75) is 32.0 Å². The number of benzene rings is 2. The number of nitriles is 1. The summed E-state index contributed by atoms with van der Waals surface area (Å²) in [5, 5.41) is 35.1. The molecule has 0 bridgehead atoms. The van der Waals surface area contributed by atoms with Crippen LogP contribution in [0.15, 0.2) is 36.4 Å². The van der Waals surface area contributed by atoms with Gasteiger partial charge in [-0.3, -0.25) is 4.79 Å². The second kappa shape index (κ2) is 10.1. The van der Waals surface area contributed by atoms with Crippen LogP contribution in [0.3, 0.4) is 0 Å². The van der Waals surface area contributed by atoms with Gasteiger partial charge >= 0.3 is 13.5 Å². The van der Waals surface area contributed by atoms with Gasteiger partial charge in [0.05, 0.1) is 12.7 Å². The van der Waals surface area contributed by atoms with Crippen LogP contribution >= 0.6 is 0 Å². The number of carboxylic acid groups (broad SMARTS) is 1. The summed E-state index contributed by atoms with van der Waals surface area (Å²) in [5.41, 5.74) is -0.415. The van der Waals surface area contributed by atoms with Crippen LogP contribution in [-0.4, -0.2) is 42.7 Å². The van der Waals surface area contributed by atoms with Crippen molar-refractivity contribution < 1.29 is 47.0 Å². The molecule has 1 aliphatic heterocycles. The molecule has 2 amide bonds. The minimum absolute atomic E-state index is 0.0300. The van der Waals surface area contributed by atoms with E-state index in [0.717, 1.165) is 24.3 Å². The van der Waals surface area contributed by atoms with E-state index in [4.69, 9.17) is 9.39 Å². The predicted molar refractivity (Wildman–Crippen MR) is 111 cm³/mol. The van der Waals surface area contributed by atoms with Gasteiger partial charge in [-0.1, -0.05) is 6.07 Å². The van der Waals surface area contributed by atoms with E-state index < -0.39 is 43.4 Å². The van der Waals surface area contributed by atoms with Gasteiger partial charge in [0, 0.05) is 17.7 Å². The van der Waals surface area contributed by atoms with E-state index in [9.17, 15) is 38.2 Å². The third kappa shape index (κ3) is 6.55. The fourth-order valence-corrected chi connectivity index (χ4v) is 3.31. The molecule has 3 N–H and O–H groups in total. The third-order valence-electron chi connectivity index (χ3n) is 4.96. The zero-order chi connectivity index (χ0) is 25.8. The Morgan fingerprint density at radius 2 is 1.94 bits per heavy atom. The summed E-state index contributed by atoms with van der Waals surface area (Å²) in [6.45, 7) is 0.798. The van der Waals surface area contributed by atoms with Gasteiger partial charge in [0.15, 0.2) is 5.54 Å². The molecule has 0 saturated carbocycles. The molecule has 1 aliphatic rings. The van der Waals surface area contributed by atoms with Crippen molar-refractivity contribution in [1.82, 2.24) is 10.6 Å². The fourth-order valence-electron chi connectivity index (χ4n) is 3.31. The molecule has 0 radical (unpaired) electrons. The SMILES string of the molecule is CC(C#N)(COc1ccc2c(c1CNC(=O)[O-])B(O)OC2)NC(=O)c1ccc(OC(F)(F)F)cc1. The highest BCUT2D eigenvalue weighted by atomic mass is 19.4. The van der Waals surface area contributed by atoms with Crippen molar-refractivity contribution >= 4 is 24.6 Å². The smallest absolute Gasteiger partial charge is 0.530 e. The maximum atomic E-state index is 12.6. The Morgan fingerprint density at radius 3 is 2.54 bits per heavy atom. The first-order valence-electron chi connectivity index (χ1n) is 10.0. The largest absolute Gasteiger partial charge is 0.573 e. The first kappa shape index (κ1) is 25.7. The number of halogens is 3. The van der Waals surface area contributed by atoms with Gasteiger partial charge in [0.25, 0.3) is 5.91 Å². The summed E-state index contributed by atoms with van der Waals surface area (Å²) >= 11 is 0. The quantitative estimate of drug-likeness (QED) is 0.446. The summed E-state index contributed by atoms with van der Waals surface area (Å²) in [7, 11) is -1.31. The Kier molecular flexibility index (Phi) is 7.42. The molecule has 0 saturated heterocycles. The average Bonchev–Trinajstić information content (AvgIpc) is 3.16. The zero-order valence-corrected chi connectivity index (χ0v) is 18.1. The lowest BCUT2D eigenvalue weighted by Crippen LogP contribution is -2.49. The molecule has 1 unspecified atom stereocenters. The molecule has 2 aromatic carbocycles. The topological polar surface area (TPSA) is 153 Å². The molecule has 2 aromatic rings. The number of carbonyl (C=O) groups excluding carboxylic acids is 2. The summed E-state index contributed by atoms with van der Waals surface area (Å²) < 4.78 is 51.5. The van der Waals surface area contributed by atoms with Gasteiger partial charge in [-0.05, 0) is 48.3 Å². The molecule has 0 spiro atoms. The number of rotatable bonds is 8. The molecule has 35 heavy (non-hydrogen) atoms. The van der Waals surface area contributed by atoms with Crippen molar-refractivity contribution in [3.63, 3.8) is 0 Å². The molecule has 14 heteroatoms. The molecule has 0 aliphatic carbocycles. The van der Waals surface area contributed by atoms with Gasteiger partial charge in [-0.2, -0.15) is 5.26 Å². The van der Waals surface area contributed by atoms with E-state index >= 15 is 0 Å². The van der Waals surface area contributed by atoms with E-state index in [2.05, 4.69) is 15.4 Å². The van der Waals surface area contributed by atoms with Crippen LogP contribution in [0.1, 0.15) is 28.4 Å². The Morgan fingerprint density at radius 1 is 1.26 bits per heavy atom. The summed E-state index contributed by atoms with van der Waals surface area (Å²) in [6, 6.07) is 9.12. The molecule has 0 aromatic heterocycles. The van der Waals surface area contributed by atoms with Crippen molar-refractivity contribution in [1.29, 1.82) is 5.26 Å². The maximum absolute atomic E-state index is 12.6. The second-order valence-electron chi connectivity index (χ2n) is 7.68. The molecule has 0 fully saturated rings. The first-order valence-corrected chi connectivity index (χ1v) is 10.0. The lowest BCUT2D eigenvalue weighted by molar-refractivity contribution is -0.274. The highest BCUT2D eigenvalue weighted by molar-refractivity contribution is 6.62. The predicted octanol–water partition coefficient (Wildman–Crippen LogP) is 0.327. The van der Waals surface area contributed by atoms with E-state index in [0.29, 0.717) is 11.0 Å². The van der Waals surface area contributed by atoms with Crippen LogP contribution in [0.5, 0.6) is 11.5 Å². The van der Waals surface area contributed by atoms with E-state index in [1.165, 1.54) is 13.0 Å². The average molecular weight is 492 g/mol. The van der Waals surface area contributed by atoms with Crippen LogP contribution in [0.4, 0.5) is 18.0 Å². The molecular weight excluding hydrogens is 474 g/mol. The van der Waals surface area contributed by atoms with Crippen LogP contribution in [0.25, 0.3) is 0 Å². The Bertz CT molecular complexity index is 1150. The number of nitrogens with one attached hydrogen (secondary N) is 2. The number of amides is 2. The van der Waals surface area contributed by atoms with Crippen LogP contribution < -0.4 is 30.7 Å². The van der Waals surface area contributed by atoms with Gasteiger partial charge in [0.2, 0.25) is 0 Å². The van der Waals surface area contributed by atoms with Crippen molar-refractivity contribution in [2.24, 2.45) is 0 Å². The Hall–Kier alpha value is -3.96. The Labute approximate surface area is 197 Å². The fraction of sp³-hybridized carbons (Fsp3) is 0.286. The minimum atomic E-state index is -4.88. The highest BCUT2D eigenvalue weighted by Gasteiger charge is 2.34. The van der Waals surface area contributed by atoms with Crippen LogP contribution in [0.2, 0.25) is 0 Å². The van der Waals surface area contributed by atoms with E-state index in [1.54, 1.807) is 6.07 Å². The van der Waals surface area contributed by atoms with Gasteiger partial charge in [0.1, 0.15) is 24.2 Å². The molecule has 184 valence electrons. The molecule has 1 atom stereocenters. The van der Waals surface area contributed by atoms with Crippen LogP contribution in [0, 0.1) is 11.3 Å². The third-order valence-corrected chi connectivity index (χ3v) is 4.96. The number of nitrogens with zero attached hydrogens (tertiary/aromatic N) is 1. The molecular formula is C21H18BF3N3O7-. The lowest BCUT2D eigenvalue weighted by Gasteiger charge is -2.25. The second-order valence-corrected chi connectivity index (χ2v) is 7.68. The van der Waals surface area contributed by atoms with Crippen molar-refractivity contribution in [3.05, 3.63) is 53.1 Å². The van der Waals surface area contributed by atoms with Gasteiger partial charge < -0.3 is 39.7 Å². The van der Waals surface area contributed by atoms with Gasteiger partial charge in [-0.25, -0.2) is 0 Å². The minimum Gasteiger partial charge on any atom is -0.530 e. The zero-order valence-electron chi connectivity index (χ0n) is 18.1. The van der Waals surface area contributed by atoms with E-state index in [1.807, 2.05) is 6.07 Å². The number of alkyl halides is 3. The number of carbonyl (C=O) groups is 2. The number of hydrogen-bond donors (Lipinski definition) is 3. The van der Waals surface area contributed by atoms with Crippen LogP contribution in [-0.2, 0) is 17.8 Å². The standard InChI is InChI=1S/C21H19BF3N3O7/c1-20(10-26,28-18(29)12-2-5-14(6-3-12)35-21(23,24)25)11-33-16-7-4-13-9-34-22(32)17(13)15(16)8-27-19(30)31/h2-7,27,32H,8-9,11H2,1H3,(H,28,29)(H,30,31)/p-1. The van der Waals surface area contributed by atoms with Crippen molar-refractivity contribution in [3.8, 4) is 17.6 Å². The van der Waals surface area contributed by atoms with E-state index in [-0.39, 0.29) is 30.0 Å². The normalized spacial score (nSPS) is 14.3. The molecule has 1 heterocycles. The van der Waals surface area contributed by atoms with Gasteiger partial charge in [-0.15, -0.1) is 13.2 Å². The lowest BCUT2D eigenvalue weighted by atomic mass is 9.76. The number of fused-ring (bicyclic) bond motifs is 1. The molecule has 10 nitrogen and oxygen atoms in total. The number of ether oxygens (including phenoxy) is 2. The maximum Gasteiger partial charge on any atom is 0.573 e. The Balaban J connectivity index is 1.73. The monoisotopic (exact) mass is 492 g/mol. The summed E-state index contributed by atoms with van der Waals surface area (Å²) in [6.07, 6.45) is -6.43. The van der Waals surface area contributed by atoms with Crippen molar-refractivity contribution in [2.75, 3.05) is 6.61 Å². The summed E-state index contributed by atoms with van der Waals surface area (Å²) in [4.78, 5) is 23.4. The number of hydrogen-bond acceptors (Lipinski definition) is 8. The highest BCUT2D eigenvalue weighted by Crippen LogP contribution is 2.25. The first-order chi connectivity index (χ1) is 16.4. The summed E-state index contributed by atoms with van der Waals surface area (Å²) in [5.74, 6) is -1.14.